The number of hydrogen-bond donors (Lipinski definition) is 1. The van der Waals surface area contributed by atoms with Crippen molar-refractivity contribution in [1.29, 1.82) is 0 Å². The van der Waals surface area contributed by atoms with E-state index in [-0.39, 0.29) is 34.6 Å². The van der Waals surface area contributed by atoms with Gasteiger partial charge in [-0.3, -0.25) is 9.59 Å². The van der Waals surface area contributed by atoms with Gasteiger partial charge in [0, 0.05) is 18.3 Å². The molecule has 4 aliphatic rings. The minimum atomic E-state index is -0.169. The molecule has 3 heteroatoms. The fourth-order valence-corrected chi connectivity index (χ4v) is 7.72. The first-order valence-corrected chi connectivity index (χ1v) is 9.98. The number of aliphatic hydroxyl groups is 1. The lowest BCUT2D eigenvalue weighted by atomic mass is 9.44. The third-order valence-corrected chi connectivity index (χ3v) is 8.81. The molecule has 0 spiro atoms. The second-order valence-electron chi connectivity index (χ2n) is 9.85. The van der Waals surface area contributed by atoms with Gasteiger partial charge >= 0.3 is 0 Å². The molecule has 0 radical (unpaired) electrons. The van der Waals surface area contributed by atoms with Crippen molar-refractivity contribution < 1.29 is 14.7 Å². The highest BCUT2D eigenvalue weighted by Crippen LogP contribution is 2.66. The molecule has 4 rings (SSSR count). The zero-order chi connectivity index (χ0) is 17.3. The summed E-state index contributed by atoms with van der Waals surface area (Å²) in [6.45, 7) is 6.28. The Morgan fingerprint density at radius 2 is 1.83 bits per heavy atom. The Bertz CT molecular complexity index is 569. The van der Waals surface area contributed by atoms with Crippen molar-refractivity contribution >= 4 is 11.6 Å². The summed E-state index contributed by atoms with van der Waals surface area (Å²) in [5.74, 6) is 2.48. The lowest BCUT2D eigenvalue weighted by molar-refractivity contribution is -0.162. The van der Waals surface area contributed by atoms with Gasteiger partial charge in [0.15, 0.2) is 0 Å². The van der Waals surface area contributed by atoms with Gasteiger partial charge in [0.2, 0.25) is 0 Å². The van der Waals surface area contributed by atoms with Crippen molar-refractivity contribution in [3.05, 3.63) is 0 Å². The molecule has 0 aromatic rings. The molecule has 0 aromatic carbocycles. The smallest absolute Gasteiger partial charge is 0.137 e. The van der Waals surface area contributed by atoms with Crippen LogP contribution in [0, 0.1) is 40.4 Å². The second-order valence-corrected chi connectivity index (χ2v) is 9.85. The summed E-state index contributed by atoms with van der Waals surface area (Å²) in [6.07, 6.45) is 7.53. The Morgan fingerprint density at radius 3 is 2.54 bits per heavy atom. The van der Waals surface area contributed by atoms with E-state index in [1.165, 1.54) is 0 Å². The van der Waals surface area contributed by atoms with Gasteiger partial charge in [0.1, 0.15) is 11.6 Å². The van der Waals surface area contributed by atoms with E-state index >= 15 is 0 Å². The highest BCUT2D eigenvalue weighted by atomic mass is 16.3. The van der Waals surface area contributed by atoms with Gasteiger partial charge in [0.25, 0.3) is 0 Å². The molecule has 4 aliphatic carbocycles. The predicted octanol–water partition coefficient (Wildman–Crippen LogP) is 3.77. The molecule has 0 amide bonds. The van der Waals surface area contributed by atoms with Gasteiger partial charge in [-0.25, -0.2) is 0 Å². The van der Waals surface area contributed by atoms with Crippen molar-refractivity contribution in [1.82, 2.24) is 0 Å². The maximum atomic E-state index is 13.3. The second kappa shape index (κ2) is 5.40. The number of fused-ring (bicyclic) bond motifs is 5. The Hall–Kier alpha value is -0.700. The van der Waals surface area contributed by atoms with Crippen LogP contribution in [-0.4, -0.2) is 22.8 Å². The van der Waals surface area contributed by atoms with Crippen molar-refractivity contribution in [2.24, 2.45) is 40.4 Å². The molecule has 24 heavy (non-hydrogen) atoms. The van der Waals surface area contributed by atoms with Crippen LogP contribution in [0.3, 0.4) is 0 Å². The van der Waals surface area contributed by atoms with E-state index in [1.54, 1.807) is 6.92 Å². The first kappa shape index (κ1) is 16.8. The van der Waals surface area contributed by atoms with Crippen molar-refractivity contribution in [3.8, 4) is 0 Å². The largest absolute Gasteiger partial charge is 0.393 e. The van der Waals surface area contributed by atoms with Crippen LogP contribution >= 0.6 is 0 Å². The van der Waals surface area contributed by atoms with Gasteiger partial charge in [-0.1, -0.05) is 13.8 Å². The summed E-state index contributed by atoms with van der Waals surface area (Å²) in [5.41, 5.74) is -0.0175. The van der Waals surface area contributed by atoms with Gasteiger partial charge in [-0.15, -0.1) is 0 Å². The summed E-state index contributed by atoms with van der Waals surface area (Å²) in [6, 6.07) is 0. The van der Waals surface area contributed by atoms with Crippen LogP contribution in [0.4, 0.5) is 0 Å². The first-order valence-electron chi connectivity index (χ1n) is 9.98. The summed E-state index contributed by atoms with van der Waals surface area (Å²) < 4.78 is 0. The summed E-state index contributed by atoms with van der Waals surface area (Å²) in [7, 11) is 0. The summed E-state index contributed by atoms with van der Waals surface area (Å²) >= 11 is 0. The van der Waals surface area contributed by atoms with E-state index in [1.807, 2.05) is 0 Å². The van der Waals surface area contributed by atoms with Crippen LogP contribution < -0.4 is 0 Å². The highest BCUT2D eigenvalue weighted by Gasteiger charge is 2.63. The lowest BCUT2D eigenvalue weighted by Crippen LogP contribution is -2.58. The average Bonchev–Trinajstić information content (AvgIpc) is 2.84. The maximum absolute atomic E-state index is 13.3. The van der Waals surface area contributed by atoms with Crippen molar-refractivity contribution in [3.63, 3.8) is 0 Å². The predicted molar refractivity (Wildman–Crippen MR) is 92.3 cm³/mol. The number of ketones is 2. The minimum Gasteiger partial charge on any atom is -0.393 e. The SMILES string of the molecule is CC(=O)[C@@H]1CC[C@@H]2[C@@H]3CC[C@H]4C[C@@H](O)CC[C@]4(C)[C@@H]3C(=O)C[C@@]21C. The zero-order valence-corrected chi connectivity index (χ0v) is 15.4. The van der Waals surface area contributed by atoms with Crippen LogP contribution in [0.1, 0.15) is 72.1 Å². The molecule has 8 atom stereocenters. The number of hydrogen-bond acceptors (Lipinski definition) is 3. The molecular weight excluding hydrogens is 300 g/mol. The standard InChI is InChI=1S/C21H32O3/c1-12(22)16-6-7-17-15-5-4-13-10-14(23)8-9-20(13,2)19(15)18(24)11-21(16,17)3/h13-17,19,23H,4-11H2,1-3H3/t13-,14-,15-,16-,17+,19-,20-,21+/m0/s1. The number of carbonyl (C=O) groups is 2. The number of aliphatic hydroxyl groups excluding tert-OH is 1. The molecule has 0 heterocycles. The first-order chi connectivity index (χ1) is 11.3. The molecule has 0 bridgehead atoms. The van der Waals surface area contributed by atoms with Gasteiger partial charge in [-0.2, -0.15) is 0 Å². The maximum Gasteiger partial charge on any atom is 0.137 e. The van der Waals surface area contributed by atoms with Crippen LogP contribution in [0.15, 0.2) is 0 Å². The molecule has 0 aliphatic heterocycles. The Labute approximate surface area is 145 Å². The molecule has 0 aromatic heterocycles. The lowest BCUT2D eigenvalue weighted by Gasteiger charge is -2.59. The van der Waals surface area contributed by atoms with Crippen molar-refractivity contribution in [2.45, 2.75) is 78.2 Å². The van der Waals surface area contributed by atoms with Gasteiger partial charge in [0.05, 0.1) is 6.10 Å². The van der Waals surface area contributed by atoms with E-state index in [4.69, 9.17) is 0 Å². The number of Topliss-reactive ketones (excluding diaryl/α,β-unsaturated/α-hetero) is 2. The van der Waals surface area contributed by atoms with Crippen LogP contribution in [0.25, 0.3) is 0 Å². The zero-order valence-electron chi connectivity index (χ0n) is 15.4. The van der Waals surface area contributed by atoms with Crippen LogP contribution in [0.5, 0.6) is 0 Å². The van der Waals surface area contributed by atoms with E-state index < -0.39 is 0 Å². The molecule has 0 saturated heterocycles. The Kier molecular flexibility index (Phi) is 3.77. The molecule has 4 fully saturated rings. The fourth-order valence-electron chi connectivity index (χ4n) is 7.72. The van der Waals surface area contributed by atoms with Crippen LogP contribution in [-0.2, 0) is 9.59 Å². The molecule has 134 valence electrons. The normalized spacial score (nSPS) is 53.9. The average molecular weight is 332 g/mol. The van der Waals surface area contributed by atoms with E-state index in [0.717, 1.165) is 44.9 Å². The molecular formula is C21H32O3. The third kappa shape index (κ3) is 2.12. The van der Waals surface area contributed by atoms with E-state index in [2.05, 4.69) is 13.8 Å². The Balaban J connectivity index is 1.68. The molecule has 0 unspecified atom stereocenters. The van der Waals surface area contributed by atoms with Crippen molar-refractivity contribution in [2.75, 3.05) is 0 Å². The molecule has 4 saturated carbocycles. The minimum absolute atomic E-state index is 0.0782. The quantitative estimate of drug-likeness (QED) is 0.795. The van der Waals surface area contributed by atoms with Gasteiger partial charge in [-0.05, 0) is 80.5 Å². The Morgan fingerprint density at radius 1 is 1.08 bits per heavy atom. The van der Waals surface area contributed by atoms with Crippen LogP contribution in [0.2, 0.25) is 0 Å². The highest BCUT2D eigenvalue weighted by molar-refractivity contribution is 5.87. The van der Waals surface area contributed by atoms with Gasteiger partial charge < -0.3 is 5.11 Å². The fraction of sp³-hybridized carbons (Fsp3) is 0.905. The topological polar surface area (TPSA) is 54.4 Å². The van der Waals surface area contributed by atoms with E-state index in [9.17, 15) is 14.7 Å². The number of carbonyl (C=O) groups excluding carboxylic acids is 2. The molecule has 1 N–H and O–H groups in total. The monoisotopic (exact) mass is 332 g/mol. The molecule has 3 nitrogen and oxygen atoms in total. The van der Waals surface area contributed by atoms with E-state index in [0.29, 0.717) is 30.0 Å². The summed E-state index contributed by atoms with van der Waals surface area (Å²) in [4.78, 5) is 25.5. The third-order valence-electron chi connectivity index (χ3n) is 8.81. The summed E-state index contributed by atoms with van der Waals surface area (Å²) in [5, 5.41) is 10.1. The number of rotatable bonds is 1.